The lowest BCUT2D eigenvalue weighted by molar-refractivity contribution is -0.0370. The Bertz CT molecular complexity index is 483. The van der Waals surface area contributed by atoms with E-state index in [1.54, 1.807) is 0 Å². The summed E-state index contributed by atoms with van der Waals surface area (Å²) in [6.45, 7) is 12.5. The van der Waals surface area contributed by atoms with Gasteiger partial charge in [0.15, 0.2) is 0 Å². The third kappa shape index (κ3) is 3.04. The molecule has 0 unspecified atom stereocenters. The molecule has 1 aromatic carbocycles. The van der Waals surface area contributed by atoms with Gasteiger partial charge in [-0.1, -0.05) is 32.9 Å². The Hall–Kier alpha value is -1.35. The van der Waals surface area contributed by atoms with Gasteiger partial charge < -0.3 is 9.64 Å². The van der Waals surface area contributed by atoms with Crippen molar-refractivity contribution in [3.8, 4) is 0 Å². The van der Waals surface area contributed by atoms with Gasteiger partial charge in [-0.25, -0.2) is 0 Å². The highest BCUT2D eigenvalue weighted by Gasteiger charge is 2.34. The molecular weight excluding hydrogens is 250 g/mol. The van der Waals surface area contributed by atoms with E-state index in [0.29, 0.717) is 19.8 Å². The molecule has 0 N–H and O–H groups in total. The zero-order chi connectivity index (χ0) is 15.0. The largest absolute Gasteiger partial charge is 0.377 e. The van der Waals surface area contributed by atoms with Crippen molar-refractivity contribution in [2.45, 2.75) is 45.6 Å². The summed E-state index contributed by atoms with van der Waals surface area (Å²) in [5, 5.41) is 0. The molecule has 1 aliphatic heterocycles. The van der Waals surface area contributed by atoms with Gasteiger partial charge in [-0.05, 0) is 37.0 Å². The number of amides is 1. The van der Waals surface area contributed by atoms with E-state index < -0.39 is 0 Å². The summed E-state index contributed by atoms with van der Waals surface area (Å²) in [4.78, 5) is 14.6. The van der Waals surface area contributed by atoms with Crippen LogP contribution in [0.4, 0.5) is 0 Å². The van der Waals surface area contributed by atoms with Gasteiger partial charge in [0.1, 0.15) is 0 Å². The maximum Gasteiger partial charge on any atom is 0.254 e. The van der Waals surface area contributed by atoms with Crippen molar-refractivity contribution in [2.24, 2.45) is 0 Å². The first-order valence-corrected chi connectivity index (χ1v) is 7.22. The van der Waals surface area contributed by atoms with Crippen LogP contribution >= 0.6 is 0 Å². The lowest BCUT2D eigenvalue weighted by Gasteiger charge is -2.42. The lowest BCUT2D eigenvalue weighted by atomic mass is 9.86. The van der Waals surface area contributed by atoms with Gasteiger partial charge in [-0.15, -0.1) is 0 Å². The van der Waals surface area contributed by atoms with Crippen LogP contribution in [0.5, 0.6) is 0 Å². The number of carbonyl (C=O) groups excluding carboxylic acids is 1. The van der Waals surface area contributed by atoms with Crippen LogP contribution in [0.25, 0.3) is 0 Å². The van der Waals surface area contributed by atoms with E-state index in [9.17, 15) is 4.79 Å². The van der Waals surface area contributed by atoms with Gasteiger partial charge in [-0.2, -0.15) is 0 Å². The van der Waals surface area contributed by atoms with E-state index in [1.165, 1.54) is 5.56 Å². The minimum absolute atomic E-state index is 0.0961. The Balaban J connectivity index is 2.21. The third-order valence-corrected chi connectivity index (χ3v) is 3.89. The summed E-state index contributed by atoms with van der Waals surface area (Å²) in [7, 11) is 0. The summed E-state index contributed by atoms with van der Waals surface area (Å²) in [5.41, 5.74) is 1.88. The zero-order valence-corrected chi connectivity index (χ0v) is 13.2. The summed E-state index contributed by atoms with van der Waals surface area (Å²) in [6, 6.07) is 7.99. The minimum Gasteiger partial charge on any atom is -0.377 e. The molecule has 0 atom stereocenters. The summed E-state index contributed by atoms with van der Waals surface area (Å²) >= 11 is 0. The highest BCUT2D eigenvalue weighted by atomic mass is 16.5. The number of carbonyl (C=O) groups is 1. The molecule has 110 valence electrons. The second kappa shape index (κ2) is 5.21. The predicted molar refractivity (Wildman–Crippen MR) is 81.1 cm³/mol. The van der Waals surface area contributed by atoms with Crippen molar-refractivity contribution in [2.75, 3.05) is 19.8 Å². The van der Waals surface area contributed by atoms with E-state index in [-0.39, 0.29) is 16.9 Å². The second-order valence-corrected chi connectivity index (χ2v) is 7.15. The van der Waals surface area contributed by atoms with Crippen LogP contribution in [0.2, 0.25) is 0 Å². The molecule has 1 amide bonds. The molecule has 1 heterocycles. The van der Waals surface area contributed by atoms with Crippen molar-refractivity contribution < 1.29 is 9.53 Å². The van der Waals surface area contributed by atoms with Crippen molar-refractivity contribution >= 4 is 5.91 Å². The van der Waals surface area contributed by atoms with Crippen LogP contribution in [-0.2, 0) is 10.2 Å². The van der Waals surface area contributed by atoms with Gasteiger partial charge in [0.25, 0.3) is 5.91 Å². The molecule has 0 bridgehead atoms. The number of rotatable bonds is 1. The Morgan fingerprint density at radius 2 is 1.80 bits per heavy atom. The van der Waals surface area contributed by atoms with Gasteiger partial charge >= 0.3 is 0 Å². The lowest BCUT2D eigenvalue weighted by Crippen LogP contribution is -2.55. The molecule has 20 heavy (non-hydrogen) atoms. The number of benzene rings is 1. The molecule has 0 aromatic heterocycles. The monoisotopic (exact) mass is 275 g/mol. The summed E-state index contributed by atoms with van der Waals surface area (Å²) < 4.78 is 5.47. The maximum absolute atomic E-state index is 12.6. The van der Waals surface area contributed by atoms with Gasteiger partial charge in [-0.3, -0.25) is 4.79 Å². The predicted octanol–water partition coefficient (Wildman–Crippen LogP) is 3.24. The number of nitrogens with zero attached hydrogens (tertiary/aromatic N) is 1. The van der Waals surface area contributed by atoms with Crippen LogP contribution in [-0.4, -0.2) is 36.1 Å². The van der Waals surface area contributed by atoms with Crippen molar-refractivity contribution in [3.63, 3.8) is 0 Å². The third-order valence-electron chi connectivity index (χ3n) is 3.89. The molecule has 1 aromatic rings. The quantitative estimate of drug-likeness (QED) is 0.787. The average Bonchev–Trinajstić information content (AvgIpc) is 2.36. The van der Waals surface area contributed by atoms with Crippen molar-refractivity contribution in [1.82, 2.24) is 4.90 Å². The number of hydrogen-bond acceptors (Lipinski definition) is 2. The Morgan fingerprint density at radius 1 is 1.20 bits per heavy atom. The van der Waals surface area contributed by atoms with Crippen LogP contribution in [0.15, 0.2) is 24.3 Å². The summed E-state index contributed by atoms with van der Waals surface area (Å²) in [5.74, 6) is 0.0961. The van der Waals surface area contributed by atoms with E-state index >= 15 is 0 Å². The van der Waals surface area contributed by atoms with Gasteiger partial charge in [0, 0.05) is 12.1 Å². The first-order valence-electron chi connectivity index (χ1n) is 7.22. The zero-order valence-electron chi connectivity index (χ0n) is 13.2. The molecule has 1 aliphatic rings. The van der Waals surface area contributed by atoms with Crippen LogP contribution in [0, 0.1) is 0 Å². The molecule has 0 saturated carbocycles. The fourth-order valence-electron chi connectivity index (χ4n) is 2.50. The molecular formula is C17H25NO2. The second-order valence-electron chi connectivity index (χ2n) is 7.15. The molecule has 2 rings (SSSR count). The average molecular weight is 275 g/mol. The molecule has 3 heteroatoms. The topological polar surface area (TPSA) is 29.5 Å². The summed E-state index contributed by atoms with van der Waals surface area (Å²) in [6.07, 6.45) is 0. The van der Waals surface area contributed by atoms with Crippen molar-refractivity contribution in [1.29, 1.82) is 0 Å². The van der Waals surface area contributed by atoms with Gasteiger partial charge in [0.2, 0.25) is 0 Å². The first-order chi connectivity index (χ1) is 9.22. The van der Waals surface area contributed by atoms with Gasteiger partial charge in [0.05, 0.1) is 18.8 Å². The van der Waals surface area contributed by atoms with E-state index in [4.69, 9.17) is 4.74 Å². The van der Waals surface area contributed by atoms with E-state index in [1.807, 2.05) is 30.9 Å². The smallest absolute Gasteiger partial charge is 0.254 e. The number of ether oxygens (including phenoxy) is 1. The van der Waals surface area contributed by atoms with E-state index in [2.05, 4.69) is 32.9 Å². The fourth-order valence-corrected chi connectivity index (χ4v) is 2.50. The Labute approximate surface area is 121 Å². The number of hydrogen-bond donors (Lipinski definition) is 0. The first kappa shape index (κ1) is 15.0. The fraction of sp³-hybridized carbons (Fsp3) is 0.588. The van der Waals surface area contributed by atoms with E-state index in [0.717, 1.165) is 5.56 Å². The van der Waals surface area contributed by atoms with Crippen LogP contribution in [0.3, 0.4) is 0 Å². The highest BCUT2D eigenvalue weighted by molar-refractivity contribution is 5.94. The van der Waals surface area contributed by atoms with Crippen LogP contribution < -0.4 is 0 Å². The minimum atomic E-state index is -0.238. The molecule has 0 radical (unpaired) electrons. The molecule has 0 spiro atoms. The molecule has 1 fully saturated rings. The standard InChI is InChI=1S/C17H25NO2/c1-16(2,3)14-8-6-13(7-9-14)15(19)18-10-11-20-12-17(18,4)5/h6-9H,10-12H2,1-5H3. The maximum atomic E-state index is 12.6. The highest BCUT2D eigenvalue weighted by Crippen LogP contribution is 2.25. The number of morpholine rings is 1. The molecule has 1 saturated heterocycles. The molecule has 3 nitrogen and oxygen atoms in total. The van der Waals surface area contributed by atoms with Crippen molar-refractivity contribution in [3.05, 3.63) is 35.4 Å². The Morgan fingerprint density at radius 3 is 2.30 bits per heavy atom. The Kier molecular flexibility index (Phi) is 3.92. The normalized spacial score (nSPS) is 18.9. The molecule has 0 aliphatic carbocycles. The SMILES string of the molecule is CC(C)(C)c1ccc(C(=O)N2CCOCC2(C)C)cc1. The van der Waals surface area contributed by atoms with Crippen LogP contribution in [0.1, 0.15) is 50.5 Å².